The highest BCUT2D eigenvalue weighted by atomic mass is 16.5. The summed E-state index contributed by atoms with van der Waals surface area (Å²) in [5.74, 6) is 0.686. The normalized spacial score (nSPS) is 13.6. The minimum absolute atomic E-state index is 0.0511. The van der Waals surface area contributed by atoms with E-state index in [1.165, 1.54) is 0 Å². The van der Waals surface area contributed by atoms with Crippen LogP contribution in [0.1, 0.15) is 12.2 Å². The summed E-state index contributed by atoms with van der Waals surface area (Å²) < 4.78 is 7.23. The lowest BCUT2D eigenvalue weighted by atomic mass is 10.1. The van der Waals surface area contributed by atoms with Crippen LogP contribution in [0.2, 0.25) is 0 Å². The van der Waals surface area contributed by atoms with Gasteiger partial charge in [0.2, 0.25) is 0 Å². The van der Waals surface area contributed by atoms with Gasteiger partial charge in [-0.3, -0.25) is 4.79 Å². The number of carbonyl (C=O) groups excluding carboxylic acids is 1. The summed E-state index contributed by atoms with van der Waals surface area (Å²) in [5.41, 5.74) is 2.50. The zero-order valence-corrected chi connectivity index (χ0v) is 13.7. The van der Waals surface area contributed by atoms with E-state index in [1.807, 2.05) is 41.0 Å². The summed E-state index contributed by atoms with van der Waals surface area (Å²) in [7, 11) is 1.54. The van der Waals surface area contributed by atoms with Crippen LogP contribution in [0.4, 0.5) is 5.69 Å². The number of methoxy groups -OCH3 is 1. The van der Waals surface area contributed by atoms with E-state index in [0.717, 1.165) is 11.0 Å². The monoisotopic (exact) mass is 335 g/mol. The number of rotatable bonds is 3. The number of hydrogen-bond acceptors (Lipinski definition) is 4. The third kappa shape index (κ3) is 2.52. The van der Waals surface area contributed by atoms with E-state index in [9.17, 15) is 9.90 Å². The van der Waals surface area contributed by atoms with E-state index in [-0.39, 0.29) is 11.3 Å². The Hall–Kier alpha value is -3.28. The molecule has 2 heterocycles. The largest absolute Gasteiger partial charge is 0.511 e. The topological polar surface area (TPSA) is 76.4 Å². The van der Waals surface area contributed by atoms with Gasteiger partial charge in [-0.05, 0) is 24.3 Å². The number of aromatic nitrogens is 2. The van der Waals surface area contributed by atoms with Gasteiger partial charge < -0.3 is 19.7 Å². The van der Waals surface area contributed by atoms with Crippen molar-refractivity contribution in [2.75, 3.05) is 12.4 Å². The summed E-state index contributed by atoms with van der Waals surface area (Å²) in [6, 6.07) is 14.8. The minimum atomic E-state index is -0.404. The van der Waals surface area contributed by atoms with E-state index in [4.69, 9.17) is 4.74 Å². The first-order valence-corrected chi connectivity index (χ1v) is 8.01. The van der Waals surface area contributed by atoms with E-state index >= 15 is 0 Å². The quantitative estimate of drug-likeness (QED) is 0.769. The fourth-order valence-corrected chi connectivity index (χ4v) is 3.13. The number of amides is 1. The van der Waals surface area contributed by atoms with E-state index in [0.29, 0.717) is 30.2 Å². The number of imidazole rings is 1. The number of aliphatic hydroxyl groups excluding tert-OH is 1. The maximum absolute atomic E-state index is 12.8. The van der Waals surface area contributed by atoms with Crippen molar-refractivity contribution in [3.63, 3.8) is 0 Å². The Morgan fingerprint density at radius 2 is 1.96 bits per heavy atom. The third-order valence-corrected chi connectivity index (χ3v) is 4.32. The Morgan fingerprint density at radius 1 is 1.20 bits per heavy atom. The second-order valence-electron chi connectivity index (χ2n) is 5.80. The van der Waals surface area contributed by atoms with Crippen molar-refractivity contribution in [1.82, 2.24) is 9.55 Å². The number of para-hydroxylation sites is 4. The van der Waals surface area contributed by atoms with Gasteiger partial charge in [0, 0.05) is 13.0 Å². The highest BCUT2D eigenvalue weighted by molar-refractivity contribution is 6.25. The number of aryl methyl sites for hydroxylation is 1. The van der Waals surface area contributed by atoms with E-state index < -0.39 is 5.91 Å². The van der Waals surface area contributed by atoms with Crippen molar-refractivity contribution in [3.05, 3.63) is 60.1 Å². The smallest absolute Gasteiger partial charge is 0.262 e. The first-order valence-electron chi connectivity index (χ1n) is 8.01. The summed E-state index contributed by atoms with van der Waals surface area (Å²) >= 11 is 0. The molecule has 1 aliphatic rings. The maximum atomic E-state index is 12.8. The van der Waals surface area contributed by atoms with Crippen molar-refractivity contribution in [2.24, 2.45) is 0 Å². The molecule has 0 radical (unpaired) electrons. The molecule has 25 heavy (non-hydrogen) atoms. The molecule has 2 N–H and O–H groups in total. The first-order chi connectivity index (χ1) is 12.2. The van der Waals surface area contributed by atoms with Gasteiger partial charge in [0.15, 0.2) is 0 Å². The molecule has 0 saturated heterocycles. The predicted molar refractivity (Wildman–Crippen MR) is 95.5 cm³/mol. The van der Waals surface area contributed by atoms with Crippen LogP contribution in [-0.2, 0) is 11.3 Å². The van der Waals surface area contributed by atoms with E-state index in [2.05, 4.69) is 10.3 Å². The number of hydrogen-bond donors (Lipinski definition) is 2. The van der Waals surface area contributed by atoms with Crippen LogP contribution in [-0.4, -0.2) is 27.7 Å². The number of benzene rings is 2. The summed E-state index contributed by atoms with van der Waals surface area (Å²) in [6.07, 6.45) is 0.391. The third-order valence-electron chi connectivity index (χ3n) is 4.32. The minimum Gasteiger partial charge on any atom is -0.511 e. The van der Waals surface area contributed by atoms with Gasteiger partial charge in [0.05, 0.1) is 23.8 Å². The average Bonchev–Trinajstić information content (AvgIpc) is 3.00. The molecule has 4 rings (SSSR count). The number of ether oxygens (including phenoxy) is 1. The Labute approximate surface area is 144 Å². The number of fused-ring (bicyclic) bond motifs is 3. The maximum Gasteiger partial charge on any atom is 0.262 e. The van der Waals surface area contributed by atoms with Crippen LogP contribution in [0.15, 0.2) is 54.3 Å². The van der Waals surface area contributed by atoms with Gasteiger partial charge in [-0.1, -0.05) is 24.3 Å². The van der Waals surface area contributed by atoms with Gasteiger partial charge in [-0.2, -0.15) is 0 Å². The molecule has 1 amide bonds. The first kappa shape index (κ1) is 15.3. The summed E-state index contributed by atoms with van der Waals surface area (Å²) in [6.45, 7) is 0.590. The van der Waals surface area contributed by atoms with Crippen LogP contribution < -0.4 is 10.1 Å². The lowest BCUT2D eigenvalue weighted by molar-refractivity contribution is -0.111. The Bertz CT molecular complexity index is 1000. The molecular weight excluding hydrogens is 318 g/mol. The lowest BCUT2D eigenvalue weighted by Gasteiger charge is -2.19. The van der Waals surface area contributed by atoms with Gasteiger partial charge in [0.1, 0.15) is 22.9 Å². The van der Waals surface area contributed by atoms with Gasteiger partial charge in [0.25, 0.3) is 5.91 Å². The van der Waals surface area contributed by atoms with Gasteiger partial charge in [-0.25, -0.2) is 4.98 Å². The number of nitrogens with one attached hydrogen (secondary N) is 1. The number of allylic oxidation sites excluding steroid dienone is 1. The van der Waals surface area contributed by atoms with Crippen LogP contribution in [0, 0.1) is 0 Å². The average molecular weight is 335 g/mol. The molecule has 0 spiro atoms. The zero-order valence-electron chi connectivity index (χ0n) is 13.7. The second kappa shape index (κ2) is 5.98. The lowest BCUT2D eigenvalue weighted by Crippen LogP contribution is -2.22. The molecular formula is C19H17N3O3. The molecule has 0 bridgehead atoms. The Balaban J connectivity index is 1.76. The van der Waals surface area contributed by atoms with Crippen LogP contribution in [0.25, 0.3) is 16.6 Å². The van der Waals surface area contributed by atoms with Crippen LogP contribution in [0.5, 0.6) is 5.75 Å². The molecule has 6 nitrogen and oxygen atoms in total. The summed E-state index contributed by atoms with van der Waals surface area (Å²) in [4.78, 5) is 17.4. The Kier molecular flexibility index (Phi) is 3.65. The van der Waals surface area contributed by atoms with Crippen molar-refractivity contribution < 1.29 is 14.6 Å². The fourth-order valence-electron chi connectivity index (χ4n) is 3.13. The van der Waals surface area contributed by atoms with Crippen molar-refractivity contribution in [2.45, 2.75) is 13.0 Å². The second-order valence-corrected chi connectivity index (χ2v) is 5.80. The molecule has 3 aromatic rings. The molecule has 2 aromatic carbocycles. The zero-order chi connectivity index (χ0) is 17.4. The van der Waals surface area contributed by atoms with Crippen molar-refractivity contribution in [3.8, 4) is 5.75 Å². The van der Waals surface area contributed by atoms with Gasteiger partial charge in [-0.15, -0.1) is 0 Å². The fraction of sp³-hybridized carbons (Fsp3) is 0.158. The Morgan fingerprint density at radius 3 is 2.80 bits per heavy atom. The van der Waals surface area contributed by atoms with Gasteiger partial charge >= 0.3 is 0 Å². The van der Waals surface area contributed by atoms with Crippen LogP contribution >= 0.6 is 0 Å². The summed E-state index contributed by atoms with van der Waals surface area (Å²) in [5, 5.41) is 13.2. The van der Waals surface area contributed by atoms with Crippen molar-refractivity contribution in [1.29, 1.82) is 0 Å². The van der Waals surface area contributed by atoms with E-state index in [1.54, 1.807) is 19.2 Å². The molecule has 0 fully saturated rings. The SMILES string of the molecule is COc1ccccc1NC(=O)C1=C(O)CCn2c1nc1ccccc12. The molecule has 0 aliphatic carbocycles. The molecule has 0 saturated carbocycles. The molecule has 0 atom stereocenters. The number of nitrogens with zero attached hydrogens (tertiary/aromatic N) is 2. The molecule has 6 heteroatoms. The number of aliphatic hydroxyl groups is 1. The number of carbonyl (C=O) groups is 1. The highest BCUT2D eigenvalue weighted by Crippen LogP contribution is 2.31. The highest BCUT2D eigenvalue weighted by Gasteiger charge is 2.28. The predicted octanol–water partition coefficient (Wildman–Crippen LogP) is 3.36. The number of anilines is 1. The molecule has 1 aliphatic heterocycles. The van der Waals surface area contributed by atoms with Crippen molar-refractivity contribution >= 4 is 28.2 Å². The molecule has 1 aromatic heterocycles. The molecule has 0 unspecified atom stereocenters. The van der Waals surface area contributed by atoms with Crippen LogP contribution in [0.3, 0.4) is 0 Å². The standard InChI is InChI=1S/C19H17N3O3/c1-25-16-9-5-3-7-13(16)21-19(24)17-15(23)10-11-22-14-8-4-2-6-12(14)20-18(17)22/h2-9,23H,10-11H2,1H3,(H,21,24). The molecule has 126 valence electrons.